The average molecular weight is 390 g/mol. The third-order valence-corrected chi connectivity index (χ3v) is 5.53. The number of nitrogens with zero attached hydrogens (tertiary/aromatic N) is 1. The van der Waals surface area contributed by atoms with Gasteiger partial charge in [-0.15, -0.1) is 11.3 Å². The molecule has 5 heteroatoms. The SMILES string of the molecule is Cc1ccc(CNC(=O)c2scc(-c3ccc(F)cc3)c2-n2cccc2)cc1. The van der Waals surface area contributed by atoms with E-state index in [4.69, 9.17) is 0 Å². The lowest BCUT2D eigenvalue weighted by atomic mass is 10.1. The summed E-state index contributed by atoms with van der Waals surface area (Å²) in [7, 11) is 0. The third kappa shape index (κ3) is 3.75. The Morgan fingerprint density at radius 1 is 1.04 bits per heavy atom. The topological polar surface area (TPSA) is 34.0 Å². The minimum absolute atomic E-state index is 0.123. The van der Waals surface area contributed by atoms with Gasteiger partial charge in [-0.25, -0.2) is 4.39 Å². The summed E-state index contributed by atoms with van der Waals surface area (Å²) in [5.74, 6) is -0.403. The second kappa shape index (κ2) is 7.82. The van der Waals surface area contributed by atoms with Gasteiger partial charge in [0, 0.05) is 29.9 Å². The van der Waals surface area contributed by atoms with E-state index in [2.05, 4.69) is 5.32 Å². The average Bonchev–Trinajstić information content (AvgIpc) is 3.37. The van der Waals surface area contributed by atoms with Crippen molar-refractivity contribution in [2.45, 2.75) is 13.5 Å². The van der Waals surface area contributed by atoms with E-state index in [1.54, 1.807) is 12.1 Å². The Balaban J connectivity index is 1.65. The number of aromatic nitrogens is 1. The van der Waals surface area contributed by atoms with Gasteiger partial charge in [0.15, 0.2) is 0 Å². The number of halogens is 1. The number of aryl methyl sites for hydroxylation is 1. The molecule has 1 N–H and O–H groups in total. The Kier molecular flexibility index (Phi) is 5.08. The molecule has 0 fully saturated rings. The maximum absolute atomic E-state index is 13.3. The summed E-state index contributed by atoms with van der Waals surface area (Å²) in [6, 6.07) is 18.3. The molecule has 2 aromatic carbocycles. The van der Waals surface area contributed by atoms with E-state index in [9.17, 15) is 9.18 Å². The van der Waals surface area contributed by atoms with Gasteiger partial charge in [-0.2, -0.15) is 0 Å². The van der Waals surface area contributed by atoms with Crippen LogP contribution in [0.3, 0.4) is 0 Å². The second-order valence-electron chi connectivity index (χ2n) is 6.59. The highest BCUT2D eigenvalue weighted by molar-refractivity contribution is 7.13. The van der Waals surface area contributed by atoms with Crippen molar-refractivity contribution in [2.24, 2.45) is 0 Å². The van der Waals surface area contributed by atoms with Crippen LogP contribution in [0.2, 0.25) is 0 Å². The van der Waals surface area contributed by atoms with Gasteiger partial charge < -0.3 is 9.88 Å². The number of hydrogen-bond donors (Lipinski definition) is 1. The predicted molar refractivity (Wildman–Crippen MR) is 111 cm³/mol. The van der Waals surface area contributed by atoms with Gasteiger partial charge in [0.1, 0.15) is 10.7 Å². The lowest BCUT2D eigenvalue weighted by Gasteiger charge is -2.10. The monoisotopic (exact) mass is 390 g/mol. The van der Waals surface area contributed by atoms with Crippen molar-refractivity contribution in [1.82, 2.24) is 9.88 Å². The van der Waals surface area contributed by atoms with Crippen LogP contribution in [0, 0.1) is 12.7 Å². The fourth-order valence-corrected chi connectivity index (χ4v) is 4.05. The van der Waals surface area contributed by atoms with Gasteiger partial charge in [0.25, 0.3) is 5.91 Å². The number of hydrogen-bond acceptors (Lipinski definition) is 2. The molecule has 0 aliphatic heterocycles. The maximum Gasteiger partial charge on any atom is 0.263 e. The molecule has 0 spiro atoms. The van der Waals surface area contributed by atoms with E-state index >= 15 is 0 Å². The molecule has 140 valence electrons. The Morgan fingerprint density at radius 3 is 2.39 bits per heavy atom. The highest BCUT2D eigenvalue weighted by atomic mass is 32.1. The summed E-state index contributed by atoms with van der Waals surface area (Å²) >= 11 is 1.39. The van der Waals surface area contributed by atoms with E-state index < -0.39 is 0 Å². The van der Waals surface area contributed by atoms with Gasteiger partial charge in [0.05, 0.1) is 5.69 Å². The zero-order valence-electron chi connectivity index (χ0n) is 15.4. The van der Waals surface area contributed by atoms with E-state index in [0.717, 1.165) is 22.4 Å². The summed E-state index contributed by atoms with van der Waals surface area (Å²) in [5.41, 5.74) is 4.83. The number of rotatable bonds is 5. The number of nitrogens with one attached hydrogen (secondary N) is 1. The van der Waals surface area contributed by atoms with Crippen LogP contribution in [0.1, 0.15) is 20.8 Å². The molecule has 3 nitrogen and oxygen atoms in total. The third-order valence-electron chi connectivity index (χ3n) is 4.56. The number of thiophene rings is 1. The summed E-state index contributed by atoms with van der Waals surface area (Å²) < 4.78 is 15.3. The number of carbonyl (C=O) groups is 1. The van der Waals surface area contributed by atoms with Crippen molar-refractivity contribution in [2.75, 3.05) is 0 Å². The lowest BCUT2D eigenvalue weighted by Crippen LogP contribution is -2.23. The van der Waals surface area contributed by atoms with Crippen molar-refractivity contribution in [3.63, 3.8) is 0 Å². The van der Waals surface area contributed by atoms with E-state index in [1.807, 2.05) is 65.7 Å². The molecule has 2 aromatic heterocycles. The molecular formula is C23H19FN2OS. The van der Waals surface area contributed by atoms with Crippen molar-refractivity contribution >= 4 is 17.2 Å². The Bertz CT molecular complexity index is 1080. The minimum atomic E-state index is -0.280. The van der Waals surface area contributed by atoms with Gasteiger partial charge >= 0.3 is 0 Å². The summed E-state index contributed by atoms with van der Waals surface area (Å²) in [4.78, 5) is 13.6. The summed E-state index contributed by atoms with van der Waals surface area (Å²) in [6.07, 6.45) is 3.82. The van der Waals surface area contributed by atoms with Gasteiger partial charge in [-0.1, -0.05) is 42.0 Å². The van der Waals surface area contributed by atoms with Crippen LogP contribution in [0.5, 0.6) is 0 Å². The lowest BCUT2D eigenvalue weighted by molar-refractivity contribution is 0.0955. The zero-order chi connectivity index (χ0) is 19.5. The molecule has 0 bridgehead atoms. The first-order valence-corrected chi connectivity index (χ1v) is 9.84. The maximum atomic E-state index is 13.3. The molecule has 0 atom stereocenters. The fraction of sp³-hybridized carbons (Fsp3) is 0.0870. The Labute approximate surface area is 167 Å². The smallest absolute Gasteiger partial charge is 0.263 e. The van der Waals surface area contributed by atoms with E-state index in [-0.39, 0.29) is 11.7 Å². The van der Waals surface area contributed by atoms with E-state index in [0.29, 0.717) is 11.4 Å². The predicted octanol–water partition coefficient (Wildman–Crippen LogP) is 5.58. The van der Waals surface area contributed by atoms with Crippen LogP contribution in [0.4, 0.5) is 4.39 Å². The van der Waals surface area contributed by atoms with Gasteiger partial charge in [-0.05, 0) is 42.3 Å². The molecule has 0 unspecified atom stereocenters. The van der Waals surface area contributed by atoms with Crippen molar-refractivity contribution in [3.8, 4) is 16.8 Å². The fourth-order valence-electron chi connectivity index (χ4n) is 3.06. The van der Waals surface area contributed by atoms with Crippen LogP contribution in [-0.4, -0.2) is 10.5 Å². The van der Waals surface area contributed by atoms with Crippen LogP contribution in [-0.2, 0) is 6.54 Å². The molecule has 0 aliphatic rings. The van der Waals surface area contributed by atoms with Crippen LogP contribution < -0.4 is 5.32 Å². The Morgan fingerprint density at radius 2 is 1.71 bits per heavy atom. The van der Waals surface area contributed by atoms with Crippen LogP contribution in [0.15, 0.2) is 78.4 Å². The molecule has 0 saturated carbocycles. The van der Waals surface area contributed by atoms with Crippen molar-refractivity contribution in [1.29, 1.82) is 0 Å². The molecule has 2 heterocycles. The normalized spacial score (nSPS) is 10.8. The number of amides is 1. The first kappa shape index (κ1) is 18.2. The molecular weight excluding hydrogens is 371 g/mol. The van der Waals surface area contributed by atoms with Gasteiger partial charge in [0.2, 0.25) is 0 Å². The largest absolute Gasteiger partial charge is 0.347 e. The highest BCUT2D eigenvalue weighted by Gasteiger charge is 2.20. The molecule has 4 aromatic rings. The van der Waals surface area contributed by atoms with E-state index in [1.165, 1.54) is 29.0 Å². The second-order valence-corrected chi connectivity index (χ2v) is 7.47. The molecule has 28 heavy (non-hydrogen) atoms. The minimum Gasteiger partial charge on any atom is -0.347 e. The number of carbonyl (C=O) groups excluding carboxylic acids is 1. The molecule has 0 saturated heterocycles. The Hall–Kier alpha value is -3.18. The van der Waals surface area contributed by atoms with Crippen LogP contribution in [0.25, 0.3) is 16.8 Å². The molecule has 1 amide bonds. The van der Waals surface area contributed by atoms with Crippen LogP contribution >= 0.6 is 11.3 Å². The van der Waals surface area contributed by atoms with Crippen molar-refractivity contribution < 1.29 is 9.18 Å². The van der Waals surface area contributed by atoms with Crippen molar-refractivity contribution in [3.05, 3.63) is 100 Å². The zero-order valence-corrected chi connectivity index (χ0v) is 16.2. The summed E-state index contributed by atoms with van der Waals surface area (Å²) in [6.45, 7) is 2.50. The quantitative estimate of drug-likeness (QED) is 0.474. The van der Waals surface area contributed by atoms with Gasteiger partial charge in [-0.3, -0.25) is 4.79 Å². The molecule has 0 aliphatic carbocycles. The standard InChI is InChI=1S/C23H19FN2OS/c1-16-4-6-17(7-5-16)14-25-23(27)22-21(26-12-2-3-13-26)20(15-28-22)18-8-10-19(24)11-9-18/h2-13,15H,14H2,1H3,(H,25,27). The summed E-state index contributed by atoms with van der Waals surface area (Å²) in [5, 5.41) is 4.96. The molecule has 0 radical (unpaired) electrons. The number of benzene rings is 2. The first-order valence-electron chi connectivity index (χ1n) is 8.96. The first-order chi connectivity index (χ1) is 13.6. The highest BCUT2D eigenvalue weighted by Crippen LogP contribution is 2.35. The molecule has 4 rings (SSSR count).